The summed E-state index contributed by atoms with van der Waals surface area (Å²) >= 11 is 3.50. The van der Waals surface area contributed by atoms with Crippen molar-refractivity contribution in [3.05, 3.63) is 98.0 Å². The van der Waals surface area contributed by atoms with Crippen LogP contribution in [0.2, 0.25) is 0 Å². The van der Waals surface area contributed by atoms with E-state index in [0.717, 1.165) is 91.9 Å². The molecule has 0 radical (unpaired) electrons. The number of anilines is 2. The molecule has 1 aliphatic heterocycles. The largest absolute Gasteiger partial charge is 0.391 e. The van der Waals surface area contributed by atoms with Crippen LogP contribution in [0.1, 0.15) is 126 Å². The number of carbonyl (C=O) groups excluding carboxylic acids is 4. The van der Waals surface area contributed by atoms with Gasteiger partial charge < -0.3 is 30.9 Å². The highest BCUT2D eigenvalue weighted by molar-refractivity contribution is 14.1. The van der Waals surface area contributed by atoms with Crippen molar-refractivity contribution in [2.45, 2.75) is 129 Å². The number of aliphatic hydroxyl groups is 1. The highest BCUT2D eigenvalue weighted by Gasteiger charge is 2.44. The van der Waals surface area contributed by atoms with Gasteiger partial charge in [-0.2, -0.15) is 0 Å². The van der Waals surface area contributed by atoms with E-state index in [1.165, 1.54) is 17.0 Å². The molecule has 0 bridgehead atoms. The zero-order chi connectivity index (χ0) is 50.3. The van der Waals surface area contributed by atoms with E-state index in [9.17, 15) is 37.5 Å². The third kappa shape index (κ3) is 16.5. The summed E-state index contributed by atoms with van der Waals surface area (Å²) in [5, 5.41) is 19.1. The van der Waals surface area contributed by atoms with Gasteiger partial charge in [-0.1, -0.05) is 83.6 Å². The normalized spacial score (nSPS) is 15.8. The lowest BCUT2D eigenvalue weighted by atomic mass is 9.85. The van der Waals surface area contributed by atoms with Crippen LogP contribution < -0.4 is 21.4 Å². The van der Waals surface area contributed by atoms with Gasteiger partial charge >= 0.3 is 0 Å². The van der Waals surface area contributed by atoms with Gasteiger partial charge in [0.1, 0.15) is 17.9 Å². The predicted molar refractivity (Wildman–Crippen MR) is 272 cm³/mol. The lowest BCUT2D eigenvalue weighted by molar-refractivity contribution is -0.144. The summed E-state index contributed by atoms with van der Waals surface area (Å²) in [5.74, 6) is -4.91. The fourth-order valence-electron chi connectivity index (χ4n) is 8.25. The van der Waals surface area contributed by atoms with Gasteiger partial charge in [-0.05, 0) is 116 Å². The van der Waals surface area contributed by atoms with Gasteiger partial charge in [0.15, 0.2) is 11.6 Å². The highest BCUT2D eigenvalue weighted by Crippen LogP contribution is 2.31. The van der Waals surface area contributed by atoms with Crippen molar-refractivity contribution in [3.63, 3.8) is 0 Å². The Kier molecular flexibility index (Phi) is 21.3. The molecule has 4 amide bonds. The molecule has 4 unspecified atom stereocenters. The lowest BCUT2D eigenvalue weighted by Gasteiger charge is -2.35. The molecule has 0 aliphatic carbocycles. The Balaban J connectivity index is 0.925. The number of hydrogen-bond acceptors (Lipinski definition) is 10. The van der Waals surface area contributed by atoms with Crippen LogP contribution in [0.15, 0.2) is 60.1 Å². The van der Waals surface area contributed by atoms with Crippen molar-refractivity contribution in [2.24, 2.45) is 5.41 Å². The number of carbonyl (C=O) groups is 4. The molecule has 0 spiro atoms. The molecule has 13 nitrogen and oxygen atoms in total. The Labute approximate surface area is 421 Å². The summed E-state index contributed by atoms with van der Waals surface area (Å²) in [4.78, 5) is 68.0. The topological polar surface area (TPSA) is 165 Å². The van der Waals surface area contributed by atoms with E-state index in [1.54, 1.807) is 17.4 Å². The molecule has 5 rings (SSSR count). The second-order valence-corrected chi connectivity index (χ2v) is 21.0. The Bertz CT molecular complexity index is 2350. The lowest BCUT2D eigenvalue weighted by Crippen LogP contribution is -2.57. The molecule has 69 heavy (non-hydrogen) atoms. The summed E-state index contributed by atoms with van der Waals surface area (Å²) in [6, 6.07) is 12.0. The number of thiazole rings is 1. The molecule has 376 valence electrons. The van der Waals surface area contributed by atoms with Gasteiger partial charge in [-0.3, -0.25) is 24.0 Å². The fourth-order valence-corrected chi connectivity index (χ4v) is 9.52. The average molecular weight is 1090 g/mol. The Morgan fingerprint density at radius 2 is 1.58 bits per heavy atom. The average Bonchev–Trinajstić information content (AvgIpc) is 3.92. The number of nitrogens with zero attached hydrogens (tertiary/aromatic N) is 3. The van der Waals surface area contributed by atoms with E-state index in [-0.39, 0.29) is 61.0 Å². The minimum atomic E-state index is -1.31. The first-order valence-electron chi connectivity index (χ1n) is 23.7. The number of rotatable bonds is 25. The number of halogens is 4. The molecular formula is C51H67F3IN7O6S. The van der Waals surface area contributed by atoms with Crippen molar-refractivity contribution in [1.29, 1.82) is 0 Å². The number of amides is 4. The number of likely N-dealkylation sites (tertiary alicyclic amines) is 1. The van der Waals surface area contributed by atoms with E-state index in [0.29, 0.717) is 16.4 Å². The Hall–Kier alpha value is -4.63. The van der Waals surface area contributed by atoms with Crippen LogP contribution >= 0.6 is 33.9 Å². The summed E-state index contributed by atoms with van der Waals surface area (Å²) in [5.41, 5.74) is 5.53. The van der Waals surface area contributed by atoms with Crippen LogP contribution in [0.3, 0.4) is 0 Å². The molecule has 1 saturated heterocycles. The first kappa shape index (κ1) is 55.3. The molecule has 3 aromatic carbocycles. The number of nitrogens with one attached hydrogen (secondary N) is 4. The van der Waals surface area contributed by atoms with Crippen LogP contribution in [-0.4, -0.2) is 95.0 Å². The van der Waals surface area contributed by atoms with E-state index in [1.807, 2.05) is 94.0 Å². The number of benzene rings is 3. The van der Waals surface area contributed by atoms with E-state index in [2.05, 4.69) is 31.3 Å². The minimum absolute atomic E-state index is 0.0143. The number of aliphatic hydroxyl groups excluding tert-OH is 1. The maximum Gasteiger partial charge on any atom is 0.277 e. The zero-order valence-corrected chi connectivity index (χ0v) is 43.4. The predicted octanol–water partition coefficient (Wildman–Crippen LogP) is 9.75. The molecule has 2 heterocycles. The van der Waals surface area contributed by atoms with E-state index < -0.39 is 52.6 Å². The van der Waals surface area contributed by atoms with Gasteiger partial charge in [0.2, 0.25) is 17.7 Å². The second-order valence-electron chi connectivity index (χ2n) is 18.9. The standard InChI is InChI=1S/C51H67F3IN7O6S/c1-32(34-17-19-35(20-18-34)46-33(2)56-31-69-46)57-49(66)42-29-37(63)30-62(42)50(67)47(51(3,4)5)59-43(64)16-13-11-9-7-8-10-12-14-25-61(6)26-15-27-68-60-48(65)38-22-23-39(52)44(54)45(38)58-41-24-21-36(55)28-40(41)53/h17-24,28,31-32,37,42,47,58,63H,7-16,25-27,29-30H2,1-6H3,(H,57,66)(H,59,64)(H,60,65). The SMILES string of the molecule is Cc1ncsc1-c1ccc(C(C)NC(=O)C2CC(O)CN2C(=O)C(NC(=O)CCCCCCCCCCN(C)CCCONC(=O)c2ccc(F)c(F)c2Nc2ccc(I)cc2F)C(C)(C)C)cc1. The van der Waals surface area contributed by atoms with Crippen LogP contribution in [0, 0.1) is 33.4 Å². The summed E-state index contributed by atoms with van der Waals surface area (Å²) in [6.45, 7) is 11.3. The third-order valence-electron chi connectivity index (χ3n) is 12.2. The smallest absolute Gasteiger partial charge is 0.277 e. The van der Waals surface area contributed by atoms with Crippen molar-refractivity contribution in [3.8, 4) is 10.4 Å². The third-order valence-corrected chi connectivity index (χ3v) is 13.9. The van der Waals surface area contributed by atoms with Gasteiger partial charge in [-0.15, -0.1) is 11.3 Å². The van der Waals surface area contributed by atoms with Gasteiger partial charge in [0, 0.05) is 29.5 Å². The Morgan fingerprint density at radius 1 is 0.913 bits per heavy atom. The van der Waals surface area contributed by atoms with E-state index >= 15 is 0 Å². The maximum atomic E-state index is 14.7. The first-order valence-corrected chi connectivity index (χ1v) is 25.7. The number of hydrogen-bond donors (Lipinski definition) is 5. The molecule has 0 saturated carbocycles. The molecule has 4 atom stereocenters. The summed E-state index contributed by atoms with van der Waals surface area (Å²) < 4.78 is 43.8. The summed E-state index contributed by atoms with van der Waals surface area (Å²) in [7, 11) is 2.01. The van der Waals surface area contributed by atoms with Crippen molar-refractivity contribution < 1.29 is 42.3 Å². The molecule has 1 aromatic heterocycles. The van der Waals surface area contributed by atoms with E-state index in [4.69, 9.17) is 4.84 Å². The molecule has 18 heteroatoms. The second kappa shape index (κ2) is 26.5. The minimum Gasteiger partial charge on any atom is -0.391 e. The highest BCUT2D eigenvalue weighted by atomic mass is 127. The molecule has 4 aromatic rings. The number of aromatic nitrogens is 1. The van der Waals surface area contributed by atoms with Gasteiger partial charge in [0.05, 0.1) is 51.8 Å². The van der Waals surface area contributed by atoms with Crippen LogP contribution in [0.5, 0.6) is 0 Å². The molecule has 1 fully saturated rings. The van der Waals surface area contributed by atoms with Crippen LogP contribution in [0.4, 0.5) is 24.5 Å². The quantitative estimate of drug-likeness (QED) is 0.0247. The number of aryl methyl sites for hydroxylation is 1. The number of hydroxylamine groups is 1. The van der Waals surface area contributed by atoms with Crippen molar-refractivity contribution in [2.75, 3.05) is 38.6 Å². The monoisotopic (exact) mass is 1090 g/mol. The van der Waals surface area contributed by atoms with Gasteiger partial charge in [-0.25, -0.2) is 23.6 Å². The summed E-state index contributed by atoms with van der Waals surface area (Å²) in [6.07, 6.45) is 8.12. The molecular weight excluding hydrogens is 1020 g/mol. The van der Waals surface area contributed by atoms with Crippen molar-refractivity contribution in [1.82, 2.24) is 30.9 Å². The Morgan fingerprint density at radius 3 is 2.23 bits per heavy atom. The van der Waals surface area contributed by atoms with Gasteiger partial charge in [0.25, 0.3) is 5.91 Å². The number of β-amino-alcohol motifs (C(OH)–C–C–N with tert-alkyl or cyclic N) is 1. The fraction of sp³-hybridized carbons (Fsp3) is 0.510. The maximum absolute atomic E-state index is 14.7. The van der Waals surface area contributed by atoms with Crippen LogP contribution in [-0.2, 0) is 19.2 Å². The molecule has 5 N–H and O–H groups in total. The number of unbranched alkanes of at least 4 members (excludes halogenated alkanes) is 7. The van der Waals surface area contributed by atoms with Crippen LogP contribution in [0.25, 0.3) is 10.4 Å². The van der Waals surface area contributed by atoms with Crippen molar-refractivity contribution >= 4 is 68.9 Å². The first-order chi connectivity index (χ1) is 32.8. The molecule has 1 aliphatic rings. The zero-order valence-electron chi connectivity index (χ0n) is 40.4.